The number of rotatable bonds is 3. The van der Waals surface area contributed by atoms with E-state index in [4.69, 9.17) is 0 Å². The fourth-order valence-corrected chi connectivity index (χ4v) is 3.00. The molecule has 0 aliphatic heterocycles. The molecule has 1 aromatic heterocycles. The maximum Gasteiger partial charge on any atom is 0.0570 e. The Balaban J connectivity index is 1.95. The molecule has 17 heavy (non-hydrogen) atoms. The molecule has 0 saturated heterocycles. The van der Waals surface area contributed by atoms with E-state index in [1.54, 1.807) is 0 Å². The minimum Gasteiger partial charge on any atom is -0.308 e. The summed E-state index contributed by atoms with van der Waals surface area (Å²) >= 11 is 0. The molecule has 1 aliphatic rings. The van der Waals surface area contributed by atoms with E-state index in [2.05, 4.69) is 37.1 Å². The molecule has 2 nitrogen and oxygen atoms in total. The van der Waals surface area contributed by atoms with Crippen LogP contribution in [0.15, 0.2) is 18.3 Å². The van der Waals surface area contributed by atoms with Gasteiger partial charge in [0.25, 0.3) is 0 Å². The van der Waals surface area contributed by atoms with Gasteiger partial charge in [0.05, 0.1) is 5.69 Å². The summed E-state index contributed by atoms with van der Waals surface area (Å²) in [5.74, 6) is 1.59. The molecule has 0 radical (unpaired) electrons. The first-order valence-electron chi connectivity index (χ1n) is 6.82. The van der Waals surface area contributed by atoms with Crippen LogP contribution in [0.1, 0.15) is 44.4 Å². The van der Waals surface area contributed by atoms with Gasteiger partial charge in [-0.15, -0.1) is 0 Å². The Bertz CT molecular complexity index is 352. The van der Waals surface area contributed by atoms with Crippen molar-refractivity contribution in [3.8, 4) is 0 Å². The van der Waals surface area contributed by atoms with Crippen molar-refractivity contribution in [1.82, 2.24) is 10.3 Å². The molecule has 0 amide bonds. The highest BCUT2D eigenvalue weighted by molar-refractivity contribution is 5.17. The van der Waals surface area contributed by atoms with E-state index >= 15 is 0 Å². The number of hydrogen-bond acceptors (Lipinski definition) is 2. The monoisotopic (exact) mass is 232 g/mol. The predicted octanol–water partition coefficient (Wildman–Crippen LogP) is 3.30. The van der Waals surface area contributed by atoms with Crippen LogP contribution in [0.5, 0.6) is 0 Å². The molecule has 2 rings (SSSR count). The molecule has 1 N–H and O–H groups in total. The summed E-state index contributed by atoms with van der Waals surface area (Å²) in [5.41, 5.74) is 2.48. The van der Waals surface area contributed by atoms with E-state index in [0.29, 0.717) is 6.04 Å². The van der Waals surface area contributed by atoms with Crippen LogP contribution in [-0.4, -0.2) is 11.0 Å². The molecule has 2 unspecified atom stereocenters. The first-order chi connectivity index (χ1) is 8.18. The lowest BCUT2D eigenvalue weighted by molar-refractivity contribution is 0.207. The van der Waals surface area contributed by atoms with Gasteiger partial charge in [0.2, 0.25) is 0 Å². The molecule has 1 fully saturated rings. The van der Waals surface area contributed by atoms with Crippen molar-refractivity contribution in [2.45, 2.75) is 52.6 Å². The second-order valence-corrected chi connectivity index (χ2v) is 5.56. The summed E-state index contributed by atoms with van der Waals surface area (Å²) in [6.07, 6.45) is 6.01. The SMILES string of the molecule is Cc1cccnc1CNC1C(C)CCCC1C. The Labute approximate surface area is 105 Å². The second kappa shape index (κ2) is 5.63. The topological polar surface area (TPSA) is 24.9 Å². The Morgan fingerprint density at radius 3 is 2.65 bits per heavy atom. The Morgan fingerprint density at radius 1 is 1.29 bits per heavy atom. The normalized spacial score (nSPS) is 29.2. The van der Waals surface area contributed by atoms with Crippen LogP contribution in [0.3, 0.4) is 0 Å². The second-order valence-electron chi connectivity index (χ2n) is 5.56. The van der Waals surface area contributed by atoms with Crippen LogP contribution in [0, 0.1) is 18.8 Å². The average molecular weight is 232 g/mol. The van der Waals surface area contributed by atoms with Gasteiger partial charge in [0.15, 0.2) is 0 Å². The summed E-state index contributed by atoms with van der Waals surface area (Å²) in [6.45, 7) is 7.79. The van der Waals surface area contributed by atoms with E-state index in [0.717, 1.165) is 18.4 Å². The first-order valence-corrected chi connectivity index (χ1v) is 6.82. The third-order valence-electron chi connectivity index (χ3n) is 4.17. The van der Waals surface area contributed by atoms with Crippen LogP contribution in [0.25, 0.3) is 0 Å². The molecule has 2 atom stereocenters. The molecule has 1 aromatic rings. The lowest BCUT2D eigenvalue weighted by atomic mass is 9.79. The molecule has 1 heterocycles. The molecule has 0 bridgehead atoms. The number of pyridine rings is 1. The van der Waals surface area contributed by atoms with Crippen LogP contribution >= 0.6 is 0 Å². The quantitative estimate of drug-likeness (QED) is 0.865. The van der Waals surface area contributed by atoms with Crippen molar-refractivity contribution < 1.29 is 0 Å². The predicted molar refractivity (Wildman–Crippen MR) is 71.8 cm³/mol. The fourth-order valence-electron chi connectivity index (χ4n) is 3.00. The van der Waals surface area contributed by atoms with Crippen LogP contribution in [0.4, 0.5) is 0 Å². The Hall–Kier alpha value is -0.890. The number of aryl methyl sites for hydroxylation is 1. The summed E-state index contributed by atoms with van der Waals surface area (Å²) in [6, 6.07) is 4.80. The minimum absolute atomic E-state index is 0.658. The number of nitrogens with zero attached hydrogens (tertiary/aromatic N) is 1. The van der Waals surface area contributed by atoms with Gasteiger partial charge >= 0.3 is 0 Å². The molecular weight excluding hydrogens is 208 g/mol. The summed E-state index contributed by atoms with van der Waals surface area (Å²) in [4.78, 5) is 4.45. The van der Waals surface area contributed by atoms with Crippen molar-refractivity contribution in [2.75, 3.05) is 0 Å². The molecular formula is C15H24N2. The molecule has 1 saturated carbocycles. The standard InChI is InChI=1S/C15H24N2/c1-11-8-5-9-16-14(11)10-17-15-12(2)6-4-7-13(15)3/h5,8-9,12-13,15,17H,4,6-7,10H2,1-3H3. The highest BCUT2D eigenvalue weighted by Crippen LogP contribution is 2.28. The van der Waals surface area contributed by atoms with Crippen molar-refractivity contribution in [3.05, 3.63) is 29.6 Å². The summed E-state index contributed by atoms with van der Waals surface area (Å²) < 4.78 is 0. The van der Waals surface area contributed by atoms with Gasteiger partial charge in [-0.2, -0.15) is 0 Å². The summed E-state index contributed by atoms with van der Waals surface area (Å²) in [5, 5.41) is 3.72. The fraction of sp³-hybridized carbons (Fsp3) is 0.667. The van der Waals surface area contributed by atoms with Crippen molar-refractivity contribution >= 4 is 0 Å². The molecule has 1 aliphatic carbocycles. The Morgan fingerprint density at radius 2 is 2.00 bits per heavy atom. The van der Waals surface area contributed by atoms with Gasteiger partial charge < -0.3 is 5.32 Å². The van der Waals surface area contributed by atoms with E-state index in [-0.39, 0.29) is 0 Å². The average Bonchev–Trinajstić information content (AvgIpc) is 2.30. The van der Waals surface area contributed by atoms with Gasteiger partial charge in [0.1, 0.15) is 0 Å². The van der Waals surface area contributed by atoms with E-state index in [1.807, 2.05) is 12.3 Å². The van der Waals surface area contributed by atoms with E-state index in [1.165, 1.54) is 30.5 Å². The highest BCUT2D eigenvalue weighted by Gasteiger charge is 2.27. The molecule has 2 heteroatoms. The Kier molecular flexibility index (Phi) is 4.16. The third kappa shape index (κ3) is 3.06. The van der Waals surface area contributed by atoms with Gasteiger partial charge in [0, 0.05) is 18.8 Å². The lowest BCUT2D eigenvalue weighted by Crippen LogP contribution is -2.42. The maximum atomic E-state index is 4.45. The van der Waals surface area contributed by atoms with Crippen molar-refractivity contribution in [2.24, 2.45) is 11.8 Å². The minimum atomic E-state index is 0.658. The zero-order chi connectivity index (χ0) is 12.3. The maximum absolute atomic E-state index is 4.45. The first kappa shape index (κ1) is 12.6. The number of aromatic nitrogens is 1. The van der Waals surface area contributed by atoms with Gasteiger partial charge in [-0.3, -0.25) is 4.98 Å². The van der Waals surface area contributed by atoms with Gasteiger partial charge in [-0.25, -0.2) is 0 Å². The third-order valence-corrected chi connectivity index (χ3v) is 4.17. The number of hydrogen-bond donors (Lipinski definition) is 1. The zero-order valence-electron chi connectivity index (χ0n) is 11.2. The van der Waals surface area contributed by atoms with Crippen molar-refractivity contribution in [3.63, 3.8) is 0 Å². The number of nitrogens with one attached hydrogen (secondary N) is 1. The highest BCUT2D eigenvalue weighted by atomic mass is 14.9. The van der Waals surface area contributed by atoms with E-state index < -0.39 is 0 Å². The summed E-state index contributed by atoms with van der Waals surface area (Å²) in [7, 11) is 0. The largest absolute Gasteiger partial charge is 0.308 e. The molecule has 94 valence electrons. The van der Waals surface area contributed by atoms with Crippen LogP contribution in [0.2, 0.25) is 0 Å². The lowest BCUT2D eigenvalue weighted by Gasteiger charge is -2.35. The molecule has 0 aromatic carbocycles. The zero-order valence-corrected chi connectivity index (χ0v) is 11.2. The van der Waals surface area contributed by atoms with E-state index in [9.17, 15) is 0 Å². The van der Waals surface area contributed by atoms with Gasteiger partial charge in [-0.1, -0.05) is 26.3 Å². The smallest absolute Gasteiger partial charge is 0.0570 e. The molecule has 0 spiro atoms. The van der Waals surface area contributed by atoms with Crippen molar-refractivity contribution in [1.29, 1.82) is 0 Å². The van der Waals surface area contributed by atoms with Crippen LogP contribution in [-0.2, 0) is 6.54 Å². The van der Waals surface area contributed by atoms with Crippen LogP contribution < -0.4 is 5.32 Å². The van der Waals surface area contributed by atoms with Gasteiger partial charge in [-0.05, 0) is 43.2 Å².